The molecule has 0 aliphatic carbocycles. The summed E-state index contributed by atoms with van der Waals surface area (Å²) >= 11 is 6.21. The molecular weight excluding hydrogens is 288 g/mol. The van der Waals surface area contributed by atoms with Gasteiger partial charge >= 0.3 is 0 Å². The molecule has 0 spiro atoms. The highest BCUT2D eigenvalue weighted by atomic mass is 35.5. The first-order chi connectivity index (χ1) is 10.1. The van der Waals surface area contributed by atoms with Gasteiger partial charge in [-0.3, -0.25) is 4.68 Å². The smallest absolute Gasteiger partial charge is 0.226 e. The average molecular weight is 299 g/mol. The van der Waals surface area contributed by atoms with Crippen molar-refractivity contribution in [2.75, 3.05) is 0 Å². The molecule has 0 bridgehead atoms. The number of nitrogens with zero attached hydrogens (tertiary/aromatic N) is 6. The van der Waals surface area contributed by atoms with Crippen LogP contribution < -0.4 is 0 Å². The molecule has 0 unspecified atom stereocenters. The molecule has 0 fully saturated rings. The molecule has 6 nitrogen and oxygen atoms in total. The summed E-state index contributed by atoms with van der Waals surface area (Å²) in [4.78, 5) is 8.96. The number of hydrogen-bond acceptors (Lipinski definition) is 4. The lowest BCUT2D eigenvalue weighted by molar-refractivity contribution is 0.740. The minimum atomic E-state index is 0.295. The molecule has 0 saturated carbocycles. The molecule has 4 rings (SSSR count). The van der Waals surface area contributed by atoms with Crippen molar-refractivity contribution in [2.45, 2.75) is 6.92 Å². The highest BCUT2D eigenvalue weighted by Crippen LogP contribution is 2.25. The summed E-state index contributed by atoms with van der Waals surface area (Å²) < 4.78 is 3.35. The van der Waals surface area contributed by atoms with Gasteiger partial charge in [0, 0.05) is 18.1 Å². The van der Waals surface area contributed by atoms with Gasteiger partial charge in [-0.1, -0.05) is 12.1 Å². The first kappa shape index (κ1) is 12.3. The molecule has 0 saturated heterocycles. The number of para-hydroxylation sites is 1. The Morgan fingerprint density at radius 2 is 1.95 bits per heavy atom. The fourth-order valence-electron chi connectivity index (χ4n) is 2.35. The van der Waals surface area contributed by atoms with Gasteiger partial charge in [-0.2, -0.15) is 9.61 Å². The molecule has 0 aliphatic heterocycles. The van der Waals surface area contributed by atoms with Crippen molar-refractivity contribution in [2.24, 2.45) is 7.05 Å². The van der Waals surface area contributed by atoms with Gasteiger partial charge in [-0.05, 0) is 30.7 Å². The molecule has 4 aromatic rings. The highest BCUT2D eigenvalue weighted by Gasteiger charge is 2.16. The maximum Gasteiger partial charge on any atom is 0.226 e. The van der Waals surface area contributed by atoms with Gasteiger partial charge in [0.05, 0.1) is 17.3 Å². The van der Waals surface area contributed by atoms with E-state index in [1.54, 1.807) is 15.4 Å². The maximum atomic E-state index is 6.21. The van der Waals surface area contributed by atoms with E-state index in [4.69, 9.17) is 11.6 Å². The number of hydrogen-bond donors (Lipinski definition) is 0. The van der Waals surface area contributed by atoms with E-state index in [1.165, 1.54) is 0 Å². The third-order valence-corrected chi connectivity index (χ3v) is 3.86. The second-order valence-electron chi connectivity index (χ2n) is 4.84. The van der Waals surface area contributed by atoms with E-state index in [2.05, 4.69) is 20.2 Å². The summed E-state index contributed by atoms with van der Waals surface area (Å²) in [5.41, 5.74) is 3.39. The Hall–Kier alpha value is -2.47. The number of aryl methyl sites for hydroxylation is 1. The summed E-state index contributed by atoms with van der Waals surface area (Å²) in [5.74, 6) is 0.598. The average Bonchev–Trinajstić information content (AvgIpc) is 3.05. The van der Waals surface area contributed by atoms with E-state index in [0.717, 1.165) is 22.2 Å². The van der Waals surface area contributed by atoms with Crippen LogP contribution in [0.25, 0.3) is 27.9 Å². The molecule has 0 amide bonds. The van der Waals surface area contributed by atoms with Gasteiger partial charge < -0.3 is 0 Å². The van der Waals surface area contributed by atoms with Gasteiger partial charge in [0.1, 0.15) is 0 Å². The van der Waals surface area contributed by atoms with E-state index in [1.807, 2.05) is 38.2 Å². The summed E-state index contributed by atoms with van der Waals surface area (Å²) in [6.45, 7) is 1.98. The molecule has 104 valence electrons. The SMILES string of the molecule is Cc1c(-c2nc3c4ccccc4nc(Cl)n3n2)cnn1C. The van der Waals surface area contributed by atoms with Crippen LogP contribution in [0.1, 0.15) is 5.69 Å². The fraction of sp³-hybridized carbons (Fsp3) is 0.143. The van der Waals surface area contributed by atoms with E-state index in [0.29, 0.717) is 16.8 Å². The van der Waals surface area contributed by atoms with Gasteiger partial charge in [-0.25, -0.2) is 9.97 Å². The monoisotopic (exact) mass is 298 g/mol. The molecule has 3 aromatic heterocycles. The van der Waals surface area contributed by atoms with Crippen molar-refractivity contribution in [3.8, 4) is 11.4 Å². The van der Waals surface area contributed by atoms with Crippen LogP contribution in [-0.2, 0) is 7.05 Å². The van der Waals surface area contributed by atoms with Crippen molar-refractivity contribution in [1.82, 2.24) is 29.4 Å². The van der Waals surface area contributed by atoms with Crippen molar-refractivity contribution < 1.29 is 0 Å². The third kappa shape index (κ3) is 1.72. The molecule has 0 atom stereocenters. The zero-order chi connectivity index (χ0) is 14.6. The minimum Gasteiger partial charge on any atom is -0.272 e. The van der Waals surface area contributed by atoms with Gasteiger partial charge in [0.15, 0.2) is 11.5 Å². The van der Waals surface area contributed by atoms with Crippen LogP contribution in [0.3, 0.4) is 0 Å². The normalized spacial score (nSPS) is 11.6. The Bertz CT molecular complexity index is 984. The van der Waals surface area contributed by atoms with Crippen molar-refractivity contribution >= 4 is 28.2 Å². The minimum absolute atomic E-state index is 0.295. The molecule has 3 heterocycles. The number of benzene rings is 1. The van der Waals surface area contributed by atoms with Crippen LogP contribution in [-0.4, -0.2) is 29.4 Å². The number of fused-ring (bicyclic) bond motifs is 3. The van der Waals surface area contributed by atoms with Crippen LogP contribution in [0.15, 0.2) is 30.5 Å². The fourth-order valence-corrected chi connectivity index (χ4v) is 2.56. The summed E-state index contributed by atoms with van der Waals surface area (Å²) in [5, 5.41) is 9.90. The topological polar surface area (TPSA) is 60.9 Å². The summed E-state index contributed by atoms with van der Waals surface area (Å²) in [6.07, 6.45) is 1.76. The first-order valence-corrected chi connectivity index (χ1v) is 6.83. The maximum absolute atomic E-state index is 6.21. The Kier molecular flexibility index (Phi) is 2.49. The van der Waals surface area contributed by atoms with Crippen LogP contribution >= 0.6 is 11.6 Å². The number of rotatable bonds is 1. The third-order valence-electron chi connectivity index (χ3n) is 3.62. The molecule has 0 radical (unpaired) electrons. The van der Waals surface area contributed by atoms with E-state index in [-0.39, 0.29) is 0 Å². The number of aromatic nitrogens is 6. The standard InChI is InChI=1S/C14H11ClN6/c1-8-10(7-16-20(8)2)12-18-13-9-5-3-4-6-11(9)17-14(15)21(13)19-12/h3-7H,1-2H3. The molecule has 0 N–H and O–H groups in total. The summed E-state index contributed by atoms with van der Waals surface area (Å²) in [7, 11) is 1.89. The first-order valence-electron chi connectivity index (χ1n) is 6.45. The molecule has 0 aliphatic rings. The summed E-state index contributed by atoms with van der Waals surface area (Å²) in [6, 6.07) is 7.74. The van der Waals surface area contributed by atoms with Crippen LogP contribution in [0.5, 0.6) is 0 Å². The Morgan fingerprint density at radius 1 is 1.14 bits per heavy atom. The quantitative estimate of drug-likeness (QED) is 0.507. The number of halogens is 1. The van der Waals surface area contributed by atoms with E-state index in [9.17, 15) is 0 Å². The van der Waals surface area contributed by atoms with E-state index >= 15 is 0 Å². The molecule has 1 aromatic carbocycles. The molecule has 21 heavy (non-hydrogen) atoms. The van der Waals surface area contributed by atoms with Crippen molar-refractivity contribution in [3.05, 3.63) is 41.4 Å². The lowest BCUT2D eigenvalue weighted by Crippen LogP contribution is -1.95. The van der Waals surface area contributed by atoms with Gasteiger partial charge in [0.25, 0.3) is 0 Å². The van der Waals surface area contributed by atoms with Gasteiger partial charge in [-0.15, -0.1) is 5.10 Å². The second-order valence-corrected chi connectivity index (χ2v) is 5.17. The Labute approximate surface area is 125 Å². The largest absolute Gasteiger partial charge is 0.272 e. The Morgan fingerprint density at radius 3 is 2.71 bits per heavy atom. The van der Waals surface area contributed by atoms with Gasteiger partial charge in [0.2, 0.25) is 5.28 Å². The highest BCUT2D eigenvalue weighted by molar-refractivity contribution is 6.29. The van der Waals surface area contributed by atoms with Crippen LogP contribution in [0.4, 0.5) is 0 Å². The van der Waals surface area contributed by atoms with E-state index < -0.39 is 0 Å². The lowest BCUT2D eigenvalue weighted by atomic mass is 10.2. The predicted molar refractivity (Wildman–Crippen MR) is 80.2 cm³/mol. The lowest BCUT2D eigenvalue weighted by Gasteiger charge is -1.99. The van der Waals surface area contributed by atoms with Crippen molar-refractivity contribution in [3.63, 3.8) is 0 Å². The predicted octanol–water partition coefficient (Wildman–Crippen LogP) is 2.64. The Balaban J connectivity index is 2.08. The molecular formula is C14H11ClN6. The molecule has 7 heteroatoms. The van der Waals surface area contributed by atoms with Crippen LogP contribution in [0, 0.1) is 6.92 Å². The zero-order valence-electron chi connectivity index (χ0n) is 11.4. The second kappa shape index (κ2) is 4.26. The van der Waals surface area contributed by atoms with Crippen molar-refractivity contribution in [1.29, 1.82) is 0 Å². The zero-order valence-corrected chi connectivity index (χ0v) is 12.2. The van der Waals surface area contributed by atoms with Crippen LogP contribution in [0.2, 0.25) is 5.28 Å².